The molecule has 0 amide bonds. The topological polar surface area (TPSA) is 20.2 Å². The summed E-state index contributed by atoms with van der Waals surface area (Å²) < 4.78 is 0.338. The molecule has 0 aromatic heterocycles. The van der Waals surface area contributed by atoms with Gasteiger partial charge < -0.3 is 5.11 Å². The maximum Gasteiger partial charge on any atom is 0.204 e. The van der Waals surface area contributed by atoms with Crippen LogP contribution < -0.4 is 0 Å². The van der Waals surface area contributed by atoms with Gasteiger partial charge >= 0.3 is 0 Å². The summed E-state index contributed by atoms with van der Waals surface area (Å²) in [5, 5.41) is 9.14. The highest BCUT2D eigenvalue weighted by atomic mass is 35.5. The van der Waals surface area contributed by atoms with E-state index in [1.807, 2.05) is 14.1 Å². The summed E-state index contributed by atoms with van der Waals surface area (Å²) in [6.45, 7) is 0. The molecular formula is C5H12Cl2NO+. The molecule has 0 saturated heterocycles. The standard InChI is InChI=1S/C5H12Cl2NO/c1-8(2,4-7)5(9)3-6/h5,9H,3-4H2,1-2H3/q+1. The molecule has 0 aromatic carbocycles. The minimum atomic E-state index is -0.566. The Morgan fingerprint density at radius 3 is 2.00 bits per heavy atom. The molecule has 0 aliphatic heterocycles. The predicted octanol–water partition coefficient (Wildman–Crippen LogP) is 0.816. The summed E-state index contributed by atoms with van der Waals surface area (Å²) in [7, 11) is 3.64. The van der Waals surface area contributed by atoms with Crippen LogP contribution >= 0.6 is 23.2 Å². The molecule has 0 fully saturated rings. The van der Waals surface area contributed by atoms with Gasteiger partial charge in [-0.1, -0.05) is 11.6 Å². The number of rotatable bonds is 3. The molecule has 1 atom stereocenters. The predicted molar refractivity (Wildman–Crippen MR) is 39.6 cm³/mol. The van der Waals surface area contributed by atoms with E-state index in [9.17, 15) is 0 Å². The number of nitrogens with zero attached hydrogens (tertiary/aromatic N) is 1. The normalized spacial score (nSPS) is 15.7. The Kier molecular flexibility index (Phi) is 3.82. The van der Waals surface area contributed by atoms with Crippen molar-refractivity contribution in [3.63, 3.8) is 0 Å². The molecule has 0 saturated carbocycles. The Balaban J connectivity index is 3.80. The van der Waals surface area contributed by atoms with Crippen molar-refractivity contribution >= 4 is 23.2 Å². The van der Waals surface area contributed by atoms with Crippen molar-refractivity contribution in [2.75, 3.05) is 26.0 Å². The molecule has 1 unspecified atom stereocenters. The fourth-order valence-electron chi connectivity index (χ4n) is 0.266. The summed E-state index contributed by atoms with van der Waals surface area (Å²) in [6.07, 6.45) is -0.566. The van der Waals surface area contributed by atoms with Crippen LogP contribution in [0.1, 0.15) is 0 Å². The molecule has 1 N–H and O–H groups in total. The minimum absolute atomic E-state index is 0.222. The van der Waals surface area contributed by atoms with Crippen molar-refractivity contribution in [3.05, 3.63) is 0 Å². The third kappa shape index (κ3) is 2.72. The van der Waals surface area contributed by atoms with Crippen LogP contribution in [0.25, 0.3) is 0 Å². The van der Waals surface area contributed by atoms with Crippen molar-refractivity contribution < 1.29 is 9.59 Å². The molecule has 56 valence electrons. The number of hydrogen-bond donors (Lipinski definition) is 1. The zero-order valence-corrected chi connectivity index (χ0v) is 7.15. The Morgan fingerprint density at radius 1 is 1.44 bits per heavy atom. The molecule has 0 spiro atoms. The van der Waals surface area contributed by atoms with Gasteiger partial charge in [-0.2, -0.15) is 0 Å². The van der Waals surface area contributed by atoms with Gasteiger partial charge in [0, 0.05) is 0 Å². The summed E-state index contributed by atoms with van der Waals surface area (Å²) in [4.78, 5) is 0. The highest BCUT2D eigenvalue weighted by molar-refractivity contribution is 6.18. The smallest absolute Gasteiger partial charge is 0.204 e. The molecule has 0 radical (unpaired) electrons. The maximum absolute atomic E-state index is 9.14. The van der Waals surface area contributed by atoms with E-state index in [1.165, 1.54) is 0 Å². The third-order valence-electron chi connectivity index (χ3n) is 1.25. The summed E-state index contributed by atoms with van der Waals surface area (Å²) in [6, 6.07) is 0.369. The van der Waals surface area contributed by atoms with Crippen LogP contribution in [0, 0.1) is 0 Å². The van der Waals surface area contributed by atoms with Gasteiger partial charge in [0.15, 0.2) is 6.00 Å². The van der Waals surface area contributed by atoms with E-state index < -0.39 is 6.23 Å². The third-order valence-corrected chi connectivity index (χ3v) is 2.15. The monoisotopic (exact) mass is 172 g/mol. The Labute approximate surface area is 65.6 Å². The van der Waals surface area contributed by atoms with Crippen LogP contribution in [0.4, 0.5) is 0 Å². The highest BCUT2D eigenvalue weighted by Crippen LogP contribution is 2.06. The van der Waals surface area contributed by atoms with Gasteiger partial charge in [-0.3, -0.25) is 4.48 Å². The van der Waals surface area contributed by atoms with Gasteiger partial charge in [0.25, 0.3) is 0 Å². The Morgan fingerprint density at radius 2 is 1.89 bits per heavy atom. The first kappa shape index (κ1) is 9.50. The minimum Gasteiger partial charge on any atom is -0.344 e. The van der Waals surface area contributed by atoms with Gasteiger partial charge in [0.1, 0.15) is 5.88 Å². The van der Waals surface area contributed by atoms with Crippen LogP contribution in [0.15, 0.2) is 0 Å². The van der Waals surface area contributed by atoms with E-state index in [4.69, 9.17) is 28.3 Å². The average Bonchev–Trinajstić information content (AvgIpc) is 1.86. The van der Waals surface area contributed by atoms with Crippen molar-refractivity contribution in [1.82, 2.24) is 0 Å². The lowest BCUT2D eigenvalue weighted by Gasteiger charge is -2.30. The van der Waals surface area contributed by atoms with E-state index >= 15 is 0 Å². The Bertz CT molecular complexity index is 87.0. The average molecular weight is 173 g/mol. The molecular weight excluding hydrogens is 161 g/mol. The second-order valence-electron chi connectivity index (χ2n) is 2.53. The molecule has 0 aliphatic carbocycles. The van der Waals surface area contributed by atoms with Crippen molar-refractivity contribution in [3.8, 4) is 0 Å². The summed E-state index contributed by atoms with van der Waals surface area (Å²) in [5.74, 6) is 0.222. The van der Waals surface area contributed by atoms with Crippen LogP contribution in [-0.4, -0.2) is 41.8 Å². The van der Waals surface area contributed by atoms with E-state index in [-0.39, 0.29) is 5.88 Å². The Hall–Kier alpha value is 0.500. The van der Waals surface area contributed by atoms with Crippen LogP contribution in [0.5, 0.6) is 0 Å². The van der Waals surface area contributed by atoms with Crippen molar-refractivity contribution in [2.24, 2.45) is 0 Å². The molecule has 0 heterocycles. The van der Waals surface area contributed by atoms with E-state index in [0.29, 0.717) is 10.5 Å². The molecule has 2 nitrogen and oxygen atoms in total. The van der Waals surface area contributed by atoms with Crippen molar-refractivity contribution in [1.29, 1.82) is 0 Å². The van der Waals surface area contributed by atoms with Gasteiger partial charge in [-0.05, 0) is 0 Å². The van der Waals surface area contributed by atoms with E-state index in [1.54, 1.807) is 0 Å². The lowest BCUT2D eigenvalue weighted by Crippen LogP contribution is -2.48. The van der Waals surface area contributed by atoms with E-state index in [0.717, 1.165) is 0 Å². The zero-order valence-electron chi connectivity index (χ0n) is 5.64. The first-order valence-electron chi connectivity index (χ1n) is 2.67. The summed E-state index contributed by atoms with van der Waals surface area (Å²) in [5.41, 5.74) is 0. The molecule has 0 aromatic rings. The molecule has 4 heteroatoms. The van der Waals surface area contributed by atoms with Gasteiger partial charge in [-0.25, -0.2) is 0 Å². The number of halogens is 2. The van der Waals surface area contributed by atoms with Crippen LogP contribution in [-0.2, 0) is 0 Å². The van der Waals surface area contributed by atoms with Crippen LogP contribution in [0.2, 0.25) is 0 Å². The fourth-order valence-corrected chi connectivity index (χ4v) is 0.799. The molecule has 0 aliphatic rings. The number of alkyl halides is 2. The number of aliphatic hydroxyl groups is 1. The van der Waals surface area contributed by atoms with Crippen molar-refractivity contribution in [2.45, 2.75) is 6.23 Å². The second kappa shape index (κ2) is 3.62. The number of aliphatic hydroxyl groups excluding tert-OH is 1. The lowest BCUT2D eigenvalue weighted by atomic mass is 10.5. The second-order valence-corrected chi connectivity index (χ2v) is 3.08. The first-order valence-corrected chi connectivity index (χ1v) is 3.74. The van der Waals surface area contributed by atoms with Gasteiger partial charge in [-0.15, -0.1) is 11.6 Å². The maximum atomic E-state index is 9.14. The van der Waals surface area contributed by atoms with E-state index in [2.05, 4.69) is 0 Å². The largest absolute Gasteiger partial charge is 0.344 e. The highest BCUT2D eigenvalue weighted by Gasteiger charge is 2.22. The molecule has 9 heavy (non-hydrogen) atoms. The lowest BCUT2D eigenvalue weighted by molar-refractivity contribution is -0.923. The molecule has 0 rings (SSSR count). The van der Waals surface area contributed by atoms with Gasteiger partial charge in [0.2, 0.25) is 6.23 Å². The fraction of sp³-hybridized carbons (Fsp3) is 1.00. The van der Waals surface area contributed by atoms with Gasteiger partial charge in [0.05, 0.1) is 14.1 Å². The quantitative estimate of drug-likeness (QED) is 0.290. The van der Waals surface area contributed by atoms with Crippen LogP contribution in [0.3, 0.4) is 0 Å². The SMILES string of the molecule is C[N+](C)(CCl)C(O)CCl. The molecule has 0 bridgehead atoms. The first-order chi connectivity index (χ1) is 4.04. The zero-order chi connectivity index (χ0) is 7.49. The number of quaternary nitrogens is 1. The summed E-state index contributed by atoms with van der Waals surface area (Å²) >= 11 is 10.9. The number of hydrogen-bond acceptors (Lipinski definition) is 1.